The Labute approximate surface area is 120 Å². The molecule has 1 aromatic carbocycles. The van der Waals surface area contributed by atoms with Crippen molar-refractivity contribution < 1.29 is 14.7 Å². The van der Waals surface area contributed by atoms with E-state index in [-0.39, 0.29) is 17.4 Å². The number of carboxylic acid groups (broad SMARTS) is 1. The van der Waals surface area contributed by atoms with Crippen molar-refractivity contribution in [3.63, 3.8) is 0 Å². The number of amides is 1. The lowest BCUT2D eigenvalue weighted by molar-refractivity contribution is -0.116. The number of carbonyl (C=O) groups is 2. The number of anilines is 1. The molecule has 5 nitrogen and oxygen atoms in total. The third kappa shape index (κ3) is 5.00. The van der Waals surface area contributed by atoms with Gasteiger partial charge in [-0.1, -0.05) is 22.9 Å². The minimum Gasteiger partial charge on any atom is -0.478 e. The minimum atomic E-state index is -1.08. The third-order valence-electron chi connectivity index (χ3n) is 2.75. The fraction of sp³-hybridized carbons (Fsp3) is 0.385. The first-order valence-corrected chi connectivity index (χ1v) is 6.76. The summed E-state index contributed by atoms with van der Waals surface area (Å²) >= 11 is 3.20. The van der Waals surface area contributed by atoms with Crippen LogP contribution in [0.1, 0.15) is 30.1 Å². The normalized spacial score (nSPS) is 11.9. The zero-order valence-corrected chi connectivity index (χ0v) is 12.2. The number of benzene rings is 1. The van der Waals surface area contributed by atoms with Gasteiger partial charge < -0.3 is 16.2 Å². The Hall–Kier alpha value is -1.40. The Morgan fingerprint density at radius 3 is 2.74 bits per heavy atom. The smallest absolute Gasteiger partial charge is 0.337 e. The highest BCUT2D eigenvalue weighted by atomic mass is 79.9. The second-order valence-corrected chi connectivity index (χ2v) is 5.34. The third-order valence-corrected chi connectivity index (χ3v) is 3.25. The van der Waals surface area contributed by atoms with Gasteiger partial charge in [-0.2, -0.15) is 0 Å². The summed E-state index contributed by atoms with van der Waals surface area (Å²) < 4.78 is 0.652. The Kier molecular flexibility index (Phi) is 5.98. The van der Waals surface area contributed by atoms with Gasteiger partial charge in [0.2, 0.25) is 5.91 Å². The number of aromatic carboxylic acids is 1. The van der Waals surface area contributed by atoms with Gasteiger partial charge in [-0.25, -0.2) is 4.79 Å². The van der Waals surface area contributed by atoms with Crippen molar-refractivity contribution in [3.8, 4) is 0 Å². The zero-order valence-electron chi connectivity index (χ0n) is 10.6. The number of hydrogen-bond acceptors (Lipinski definition) is 3. The Bertz CT molecular complexity index is 477. The summed E-state index contributed by atoms with van der Waals surface area (Å²) in [5.74, 6) is -1.01. The van der Waals surface area contributed by atoms with Crippen molar-refractivity contribution in [1.29, 1.82) is 0 Å². The maximum Gasteiger partial charge on any atom is 0.337 e. The van der Waals surface area contributed by atoms with Gasteiger partial charge in [0.25, 0.3) is 0 Å². The van der Waals surface area contributed by atoms with Crippen LogP contribution in [0.2, 0.25) is 0 Å². The van der Waals surface area contributed by atoms with Crippen LogP contribution in [0.3, 0.4) is 0 Å². The minimum absolute atomic E-state index is 0.0644. The zero-order chi connectivity index (χ0) is 14.4. The molecule has 0 radical (unpaired) electrons. The lowest BCUT2D eigenvalue weighted by Gasteiger charge is -2.10. The molecule has 1 atom stereocenters. The summed E-state index contributed by atoms with van der Waals surface area (Å²) in [5.41, 5.74) is 5.85. The largest absolute Gasteiger partial charge is 0.478 e. The van der Waals surface area contributed by atoms with Crippen LogP contribution in [0.5, 0.6) is 0 Å². The monoisotopic (exact) mass is 328 g/mol. The van der Waals surface area contributed by atoms with Crippen LogP contribution in [0.15, 0.2) is 22.7 Å². The van der Waals surface area contributed by atoms with Gasteiger partial charge in [-0.15, -0.1) is 0 Å². The van der Waals surface area contributed by atoms with Crippen molar-refractivity contribution in [2.45, 2.75) is 19.8 Å². The van der Waals surface area contributed by atoms with Gasteiger partial charge in [0.15, 0.2) is 0 Å². The van der Waals surface area contributed by atoms with Crippen LogP contribution in [0.25, 0.3) is 0 Å². The van der Waals surface area contributed by atoms with Crippen LogP contribution < -0.4 is 11.1 Å². The molecular weight excluding hydrogens is 312 g/mol. The van der Waals surface area contributed by atoms with Crippen LogP contribution in [0.4, 0.5) is 5.69 Å². The SMILES string of the molecule is CC(CN)CCC(=O)Nc1ccc(Br)cc1C(=O)O. The summed E-state index contributed by atoms with van der Waals surface area (Å²) in [6.07, 6.45) is 1.01. The first-order valence-electron chi connectivity index (χ1n) is 5.96. The van der Waals surface area contributed by atoms with Crippen LogP contribution in [0, 0.1) is 5.92 Å². The molecule has 0 aromatic heterocycles. The highest BCUT2D eigenvalue weighted by Gasteiger charge is 2.13. The second kappa shape index (κ2) is 7.25. The van der Waals surface area contributed by atoms with Crippen molar-refractivity contribution >= 4 is 33.5 Å². The van der Waals surface area contributed by atoms with E-state index in [1.54, 1.807) is 12.1 Å². The van der Waals surface area contributed by atoms with Crippen molar-refractivity contribution in [2.24, 2.45) is 11.7 Å². The van der Waals surface area contributed by atoms with Crippen LogP contribution in [-0.4, -0.2) is 23.5 Å². The summed E-state index contributed by atoms with van der Waals surface area (Å²) in [7, 11) is 0. The average Bonchev–Trinajstić information content (AvgIpc) is 2.37. The van der Waals surface area contributed by atoms with E-state index in [4.69, 9.17) is 10.8 Å². The van der Waals surface area contributed by atoms with E-state index in [9.17, 15) is 9.59 Å². The molecule has 0 bridgehead atoms. The maximum absolute atomic E-state index is 11.7. The molecule has 104 valence electrons. The van der Waals surface area contributed by atoms with Gasteiger partial charge in [-0.3, -0.25) is 4.79 Å². The van der Waals surface area contributed by atoms with E-state index in [1.807, 2.05) is 6.92 Å². The van der Waals surface area contributed by atoms with Crippen LogP contribution >= 0.6 is 15.9 Å². The molecular formula is C13H17BrN2O3. The molecule has 0 aliphatic rings. The van der Waals surface area contributed by atoms with E-state index in [2.05, 4.69) is 21.2 Å². The van der Waals surface area contributed by atoms with E-state index in [0.717, 1.165) is 0 Å². The molecule has 0 aliphatic heterocycles. The molecule has 0 heterocycles. The molecule has 1 rings (SSSR count). The highest BCUT2D eigenvalue weighted by Crippen LogP contribution is 2.21. The molecule has 6 heteroatoms. The summed E-state index contributed by atoms with van der Waals surface area (Å²) in [6, 6.07) is 4.71. The second-order valence-electron chi connectivity index (χ2n) is 4.42. The number of halogens is 1. The molecule has 0 saturated heterocycles. The van der Waals surface area contributed by atoms with E-state index in [1.165, 1.54) is 6.07 Å². The Morgan fingerprint density at radius 2 is 2.16 bits per heavy atom. The van der Waals surface area contributed by atoms with Gasteiger partial charge in [0, 0.05) is 10.9 Å². The van der Waals surface area contributed by atoms with Crippen molar-refractivity contribution in [1.82, 2.24) is 0 Å². The lowest BCUT2D eigenvalue weighted by Crippen LogP contribution is -2.17. The van der Waals surface area contributed by atoms with Gasteiger partial charge in [0.1, 0.15) is 0 Å². The summed E-state index contributed by atoms with van der Waals surface area (Å²) in [4.78, 5) is 22.8. The molecule has 4 N–H and O–H groups in total. The van der Waals surface area contributed by atoms with Gasteiger partial charge >= 0.3 is 5.97 Å². The predicted molar refractivity (Wildman–Crippen MR) is 77.2 cm³/mol. The van der Waals surface area contributed by atoms with Crippen molar-refractivity contribution in [3.05, 3.63) is 28.2 Å². The van der Waals surface area contributed by atoms with E-state index >= 15 is 0 Å². The fourth-order valence-electron chi connectivity index (χ4n) is 1.51. The number of carboxylic acids is 1. The number of hydrogen-bond donors (Lipinski definition) is 3. The first-order chi connectivity index (χ1) is 8.93. The summed E-state index contributed by atoms with van der Waals surface area (Å²) in [5, 5.41) is 11.7. The van der Waals surface area contributed by atoms with E-state index < -0.39 is 5.97 Å². The quantitative estimate of drug-likeness (QED) is 0.747. The topological polar surface area (TPSA) is 92.4 Å². The average molecular weight is 329 g/mol. The number of nitrogens with two attached hydrogens (primary N) is 1. The molecule has 0 spiro atoms. The fourth-order valence-corrected chi connectivity index (χ4v) is 1.87. The number of nitrogens with one attached hydrogen (secondary N) is 1. The molecule has 0 saturated carbocycles. The van der Waals surface area contributed by atoms with Gasteiger partial charge in [-0.05, 0) is 37.1 Å². The lowest BCUT2D eigenvalue weighted by atomic mass is 10.1. The van der Waals surface area contributed by atoms with Crippen LogP contribution in [-0.2, 0) is 4.79 Å². The Morgan fingerprint density at radius 1 is 1.47 bits per heavy atom. The molecule has 19 heavy (non-hydrogen) atoms. The highest BCUT2D eigenvalue weighted by molar-refractivity contribution is 9.10. The Balaban J connectivity index is 2.71. The molecule has 1 aromatic rings. The van der Waals surface area contributed by atoms with E-state index in [0.29, 0.717) is 29.5 Å². The molecule has 1 amide bonds. The molecule has 0 aliphatic carbocycles. The molecule has 1 unspecified atom stereocenters. The number of rotatable bonds is 6. The maximum atomic E-state index is 11.7. The van der Waals surface area contributed by atoms with Crippen molar-refractivity contribution in [2.75, 3.05) is 11.9 Å². The summed E-state index contributed by atoms with van der Waals surface area (Å²) in [6.45, 7) is 2.50. The van der Waals surface area contributed by atoms with Gasteiger partial charge in [0.05, 0.1) is 11.3 Å². The predicted octanol–water partition coefficient (Wildman–Crippen LogP) is 2.46. The molecule has 0 fully saturated rings. The standard InChI is InChI=1S/C13H17BrN2O3/c1-8(7-15)2-5-12(17)16-11-4-3-9(14)6-10(11)13(18)19/h3-4,6,8H,2,5,7,15H2,1H3,(H,16,17)(H,18,19). The first kappa shape index (κ1) is 15.7. The number of carbonyl (C=O) groups excluding carboxylic acids is 1.